The molecule has 10 heteroatoms. The highest BCUT2D eigenvalue weighted by molar-refractivity contribution is 7.89. The minimum absolute atomic E-state index is 0.0108. The predicted molar refractivity (Wildman–Crippen MR) is 105 cm³/mol. The van der Waals surface area contributed by atoms with E-state index in [1.165, 1.54) is 45.7 Å². The number of halogens is 3. The molecule has 30 heavy (non-hydrogen) atoms. The van der Waals surface area contributed by atoms with Crippen LogP contribution in [0, 0.1) is 17.5 Å². The van der Waals surface area contributed by atoms with Crippen LogP contribution in [0.5, 0.6) is 0 Å². The van der Waals surface area contributed by atoms with Crippen molar-refractivity contribution < 1.29 is 21.6 Å². The number of hydrogen-bond donors (Lipinski definition) is 1. The Morgan fingerprint density at radius 2 is 1.80 bits per heavy atom. The Hall–Kier alpha value is -2.85. The van der Waals surface area contributed by atoms with E-state index in [-0.39, 0.29) is 23.8 Å². The van der Waals surface area contributed by atoms with Crippen LogP contribution in [0.25, 0.3) is 0 Å². The molecule has 2 aromatic carbocycles. The van der Waals surface area contributed by atoms with E-state index in [0.717, 1.165) is 6.07 Å². The highest BCUT2D eigenvalue weighted by Gasteiger charge is 2.41. The molecule has 0 spiro atoms. The molecule has 0 saturated carbocycles. The Morgan fingerprint density at radius 3 is 2.47 bits per heavy atom. The molecule has 0 bridgehead atoms. The molecule has 6 nitrogen and oxygen atoms in total. The van der Waals surface area contributed by atoms with Crippen molar-refractivity contribution in [1.29, 1.82) is 0 Å². The normalized spacial score (nSPS) is 19.9. The molecule has 2 heterocycles. The standard InChI is InChI=1S/C20H19F3N4O2S/c1-26-11-19(24-12-26)30(28,29)27-9-15(13-5-7-14(21)8-6-13)18(10-27)25-17-4-2-3-16(22)20(17)23/h2-8,11-12,15,18,25H,9-10H2,1H3. The average Bonchev–Trinajstić information content (AvgIpc) is 3.33. The van der Waals surface area contributed by atoms with Crippen LogP contribution in [0.3, 0.4) is 0 Å². The smallest absolute Gasteiger partial charge is 0.262 e. The molecule has 0 amide bonds. The predicted octanol–water partition coefficient (Wildman–Crippen LogP) is 3.11. The van der Waals surface area contributed by atoms with E-state index in [2.05, 4.69) is 10.3 Å². The van der Waals surface area contributed by atoms with E-state index in [9.17, 15) is 21.6 Å². The van der Waals surface area contributed by atoms with Crippen molar-refractivity contribution in [2.75, 3.05) is 18.4 Å². The molecule has 1 aliphatic heterocycles. The third-order valence-electron chi connectivity index (χ3n) is 5.16. The molecule has 3 aromatic rings. The summed E-state index contributed by atoms with van der Waals surface area (Å²) >= 11 is 0. The van der Waals surface area contributed by atoms with Crippen molar-refractivity contribution in [2.24, 2.45) is 7.05 Å². The number of benzene rings is 2. The third kappa shape index (κ3) is 3.80. The SMILES string of the molecule is Cn1cnc(S(=O)(=O)N2CC(Nc3cccc(F)c3F)C(c3ccc(F)cc3)C2)c1. The maximum Gasteiger partial charge on any atom is 0.262 e. The minimum Gasteiger partial charge on any atom is -0.378 e. The quantitative estimate of drug-likeness (QED) is 0.668. The second-order valence-electron chi connectivity index (χ2n) is 7.21. The number of anilines is 1. The van der Waals surface area contributed by atoms with E-state index in [4.69, 9.17) is 0 Å². The average molecular weight is 436 g/mol. The molecule has 1 saturated heterocycles. The van der Waals surface area contributed by atoms with Crippen LogP contribution in [0.15, 0.2) is 60.0 Å². The Bertz CT molecular complexity index is 1170. The Kier molecular flexibility index (Phi) is 5.29. The first-order valence-electron chi connectivity index (χ1n) is 9.20. The van der Waals surface area contributed by atoms with Crippen LogP contribution >= 0.6 is 0 Å². The molecule has 1 aliphatic rings. The molecule has 0 radical (unpaired) electrons. The summed E-state index contributed by atoms with van der Waals surface area (Å²) in [6.07, 6.45) is 2.79. The van der Waals surface area contributed by atoms with Crippen LogP contribution in [0.2, 0.25) is 0 Å². The maximum atomic E-state index is 14.2. The van der Waals surface area contributed by atoms with Gasteiger partial charge in [0.15, 0.2) is 16.7 Å². The zero-order chi connectivity index (χ0) is 21.5. The number of nitrogens with one attached hydrogen (secondary N) is 1. The summed E-state index contributed by atoms with van der Waals surface area (Å²) in [5.74, 6) is -2.88. The van der Waals surface area contributed by atoms with Crippen molar-refractivity contribution in [1.82, 2.24) is 13.9 Å². The van der Waals surface area contributed by atoms with Crippen molar-refractivity contribution in [3.05, 3.63) is 78.0 Å². The van der Waals surface area contributed by atoms with Crippen molar-refractivity contribution in [3.63, 3.8) is 0 Å². The minimum atomic E-state index is -3.89. The van der Waals surface area contributed by atoms with Crippen molar-refractivity contribution in [3.8, 4) is 0 Å². The summed E-state index contributed by atoms with van der Waals surface area (Å²) in [5.41, 5.74) is 0.619. The maximum absolute atomic E-state index is 14.2. The molecule has 1 aromatic heterocycles. The summed E-state index contributed by atoms with van der Waals surface area (Å²) in [6.45, 7) is 0.0933. The monoisotopic (exact) mass is 436 g/mol. The summed E-state index contributed by atoms with van der Waals surface area (Å²) in [4.78, 5) is 3.93. The van der Waals surface area contributed by atoms with Gasteiger partial charge in [-0.3, -0.25) is 0 Å². The second kappa shape index (κ2) is 7.77. The summed E-state index contributed by atoms with van der Waals surface area (Å²) < 4.78 is 70.0. The Morgan fingerprint density at radius 1 is 1.07 bits per heavy atom. The van der Waals surface area contributed by atoms with Gasteiger partial charge in [0.25, 0.3) is 10.0 Å². The van der Waals surface area contributed by atoms with Gasteiger partial charge in [0.05, 0.1) is 12.0 Å². The molecule has 0 aliphatic carbocycles. The number of aromatic nitrogens is 2. The fourth-order valence-electron chi connectivity index (χ4n) is 3.63. The van der Waals surface area contributed by atoms with E-state index >= 15 is 0 Å². The molecule has 1 N–H and O–H groups in total. The lowest BCUT2D eigenvalue weighted by Gasteiger charge is -2.21. The van der Waals surface area contributed by atoms with Gasteiger partial charge in [-0.15, -0.1) is 0 Å². The van der Waals surface area contributed by atoms with Gasteiger partial charge in [0.2, 0.25) is 0 Å². The number of hydrogen-bond acceptors (Lipinski definition) is 4. The first-order valence-corrected chi connectivity index (χ1v) is 10.6. The van der Waals surface area contributed by atoms with Crippen LogP contribution in [0.4, 0.5) is 18.9 Å². The topological polar surface area (TPSA) is 67.2 Å². The van der Waals surface area contributed by atoms with Gasteiger partial charge in [-0.1, -0.05) is 18.2 Å². The summed E-state index contributed by atoms with van der Waals surface area (Å²) in [5, 5.41) is 2.83. The Labute approximate surface area is 172 Å². The first-order chi connectivity index (χ1) is 14.3. The number of imidazole rings is 1. The van der Waals surface area contributed by atoms with Crippen molar-refractivity contribution >= 4 is 15.7 Å². The zero-order valence-electron chi connectivity index (χ0n) is 16.0. The highest BCUT2D eigenvalue weighted by Crippen LogP contribution is 2.34. The number of nitrogens with zero attached hydrogens (tertiary/aromatic N) is 3. The highest BCUT2D eigenvalue weighted by atomic mass is 32.2. The largest absolute Gasteiger partial charge is 0.378 e. The van der Waals surface area contributed by atoms with Crippen LogP contribution in [0.1, 0.15) is 11.5 Å². The van der Waals surface area contributed by atoms with Gasteiger partial charge in [0.1, 0.15) is 5.82 Å². The Balaban J connectivity index is 1.68. The van der Waals surface area contributed by atoms with Gasteiger partial charge >= 0.3 is 0 Å². The molecular weight excluding hydrogens is 417 g/mol. The lowest BCUT2D eigenvalue weighted by molar-refractivity contribution is 0.468. The fraction of sp³-hybridized carbons (Fsp3) is 0.250. The zero-order valence-corrected chi connectivity index (χ0v) is 16.8. The number of aryl methyl sites for hydroxylation is 1. The molecule has 2 atom stereocenters. The van der Waals surface area contributed by atoms with Gasteiger partial charge in [0, 0.05) is 38.3 Å². The number of sulfonamides is 1. The molecule has 158 valence electrons. The molecule has 4 rings (SSSR count). The van der Waals surface area contributed by atoms with Gasteiger partial charge in [-0.05, 0) is 29.8 Å². The van der Waals surface area contributed by atoms with Gasteiger partial charge < -0.3 is 9.88 Å². The fourth-order valence-corrected chi connectivity index (χ4v) is 5.09. The van der Waals surface area contributed by atoms with Gasteiger partial charge in [-0.2, -0.15) is 4.31 Å². The van der Waals surface area contributed by atoms with Crippen molar-refractivity contribution in [2.45, 2.75) is 17.0 Å². The second-order valence-corrected chi connectivity index (χ2v) is 9.09. The van der Waals surface area contributed by atoms with Crippen LogP contribution in [-0.4, -0.2) is 41.4 Å². The molecular formula is C20H19F3N4O2S. The van der Waals surface area contributed by atoms with E-state index < -0.39 is 39.4 Å². The first kappa shape index (κ1) is 20.4. The van der Waals surface area contributed by atoms with Crippen LogP contribution in [-0.2, 0) is 17.1 Å². The lowest BCUT2D eigenvalue weighted by atomic mass is 9.94. The molecule has 1 fully saturated rings. The summed E-state index contributed by atoms with van der Waals surface area (Å²) in [6, 6.07) is 8.88. The molecule has 2 unspecified atom stereocenters. The van der Waals surface area contributed by atoms with E-state index in [0.29, 0.717) is 5.56 Å². The lowest BCUT2D eigenvalue weighted by Crippen LogP contribution is -2.32. The summed E-state index contributed by atoms with van der Waals surface area (Å²) in [7, 11) is -2.23. The van der Waals surface area contributed by atoms with E-state index in [1.54, 1.807) is 19.2 Å². The number of rotatable bonds is 5. The third-order valence-corrected chi connectivity index (χ3v) is 6.88. The van der Waals surface area contributed by atoms with E-state index in [1.807, 2.05) is 0 Å². The van der Waals surface area contributed by atoms with Crippen LogP contribution < -0.4 is 5.32 Å². The van der Waals surface area contributed by atoms with Gasteiger partial charge in [-0.25, -0.2) is 26.6 Å².